The number of hydrogen-bond acceptors (Lipinski definition) is 3. The van der Waals surface area contributed by atoms with Gasteiger partial charge in [0.25, 0.3) is 0 Å². The number of ketones is 1. The Balaban J connectivity index is 2.01. The highest BCUT2D eigenvalue weighted by atomic mass is 79.9. The molecule has 2 rings (SSSR count). The molecule has 0 atom stereocenters. The minimum atomic E-state index is 0.0972. The summed E-state index contributed by atoms with van der Waals surface area (Å²) in [7, 11) is 1.88. The molecule has 0 saturated carbocycles. The van der Waals surface area contributed by atoms with Crippen molar-refractivity contribution in [2.45, 2.75) is 12.8 Å². The molecule has 0 aliphatic carbocycles. The van der Waals surface area contributed by atoms with E-state index in [0.717, 1.165) is 10.2 Å². The fraction of sp³-hybridized carbons (Fsp3) is 0.250. The van der Waals surface area contributed by atoms with E-state index in [2.05, 4.69) is 26.0 Å². The van der Waals surface area contributed by atoms with Crippen molar-refractivity contribution in [1.29, 1.82) is 0 Å². The topological polar surface area (TPSA) is 47.8 Å². The van der Waals surface area contributed by atoms with Crippen molar-refractivity contribution >= 4 is 21.7 Å². The van der Waals surface area contributed by atoms with E-state index in [1.54, 1.807) is 29.3 Å². The monoisotopic (exact) mass is 293 g/mol. The van der Waals surface area contributed by atoms with E-state index in [0.29, 0.717) is 18.4 Å². The molecule has 0 amide bonds. The van der Waals surface area contributed by atoms with Gasteiger partial charge in [-0.05, 0) is 34.5 Å². The summed E-state index contributed by atoms with van der Waals surface area (Å²) in [6.45, 7) is 0. The number of halogens is 1. The Morgan fingerprint density at radius 3 is 2.94 bits per heavy atom. The van der Waals surface area contributed by atoms with E-state index in [9.17, 15) is 4.79 Å². The lowest BCUT2D eigenvalue weighted by Gasteiger charge is -2.02. The highest BCUT2D eigenvalue weighted by Gasteiger charge is 2.08. The first-order valence-corrected chi connectivity index (χ1v) is 6.07. The number of aromatic nitrogens is 3. The first-order chi connectivity index (χ1) is 8.16. The summed E-state index contributed by atoms with van der Waals surface area (Å²) in [5, 5.41) is 4.07. The van der Waals surface area contributed by atoms with E-state index in [4.69, 9.17) is 0 Å². The van der Waals surface area contributed by atoms with Crippen molar-refractivity contribution in [1.82, 2.24) is 14.8 Å². The van der Waals surface area contributed by atoms with Crippen LogP contribution in [0.4, 0.5) is 0 Å². The molecule has 2 aromatic rings. The number of aryl methyl sites for hydroxylation is 2. The summed E-state index contributed by atoms with van der Waals surface area (Å²) in [5.41, 5.74) is 1.70. The van der Waals surface area contributed by atoms with E-state index in [1.165, 1.54) is 0 Å². The van der Waals surface area contributed by atoms with Crippen LogP contribution in [0.5, 0.6) is 0 Å². The largest absolute Gasteiger partial charge is 0.294 e. The third-order valence-electron chi connectivity index (χ3n) is 2.56. The molecule has 88 valence electrons. The maximum atomic E-state index is 11.9. The maximum absolute atomic E-state index is 11.9. The standard InChI is InChI=1S/C12H12BrN3O/c1-16-11(4-5-15-16)2-3-12(17)9-6-10(13)8-14-7-9/h4-8H,2-3H2,1H3. The first-order valence-electron chi connectivity index (χ1n) is 5.27. The lowest BCUT2D eigenvalue weighted by atomic mass is 10.1. The zero-order valence-electron chi connectivity index (χ0n) is 9.43. The number of rotatable bonds is 4. The Labute approximate surface area is 108 Å². The van der Waals surface area contributed by atoms with Crippen LogP contribution in [-0.2, 0) is 13.5 Å². The third-order valence-corrected chi connectivity index (χ3v) is 2.99. The van der Waals surface area contributed by atoms with Crippen LogP contribution in [0.15, 0.2) is 35.2 Å². The van der Waals surface area contributed by atoms with Gasteiger partial charge in [-0.2, -0.15) is 5.10 Å². The Bertz CT molecular complexity index is 536. The van der Waals surface area contributed by atoms with Crippen LogP contribution in [0, 0.1) is 0 Å². The molecular formula is C12H12BrN3O. The number of hydrogen-bond donors (Lipinski definition) is 0. The van der Waals surface area contributed by atoms with E-state index in [-0.39, 0.29) is 5.78 Å². The molecule has 0 saturated heterocycles. The second kappa shape index (κ2) is 5.23. The summed E-state index contributed by atoms with van der Waals surface area (Å²) in [5.74, 6) is 0.0972. The normalized spacial score (nSPS) is 10.5. The Kier molecular flexibility index (Phi) is 3.68. The molecule has 0 aliphatic heterocycles. The minimum Gasteiger partial charge on any atom is -0.294 e. The lowest BCUT2D eigenvalue weighted by molar-refractivity contribution is 0.0982. The zero-order valence-corrected chi connectivity index (χ0v) is 11.0. The predicted octanol–water partition coefficient (Wildman–Crippen LogP) is 2.39. The van der Waals surface area contributed by atoms with E-state index < -0.39 is 0 Å². The molecule has 0 aliphatic rings. The highest BCUT2D eigenvalue weighted by Crippen LogP contribution is 2.12. The van der Waals surface area contributed by atoms with Gasteiger partial charge < -0.3 is 0 Å². The summed E-state index contributed by atoms with van der Waals surface area (Å²) < 4.78 is 2.61. The Morgan fingerprint density at radius 2 is 2.29 bits per heavy atom. The second-order valence-corrected chi connectivity index (χ2v) is 4.68. The summed E-state index contributed by atoms with van der Waals surface area (Å²) in [6.07, 6.45) is 6.16. The number of nitrogens with zero attached hydrogens (tertiary/aromatic N) is 3. The van der Waals surface area contributed by atoms with Gasteiger partial charge in [0, 0.05) is 47.8 Å². The van der Waals surface area contributed by atoms with Crippen molar-refractivity contribution in [3.05, 3.63) is 46.5 Å². The number of carbonyl (C=O) groups excluding carboxylic acids is 1. The number of Topliss-reactive ketones (excluding diaryl/α,β-unsaturated/α-hetero) is 1. The molecule has 4 nitrogen and oxygen atoms in total. The second-order valence-electron chi connectivity index (χ2n) is 3.76. The first kappa shape index (κ1) is 12.0. The van der Waals surface area contributed by atoms with Crippen LogP contribution in [0.25, 0.3) is 0 Å². The molecule has 2 heterocycles. The van der Waals surface area contributed by atoms with Crippen LogP contribution in [0.2, 0.25) is 0 Å². The smallest absolute Gasteiger partial charge is 0.164 e. The molecule has 0 unspecified atom stereocenters. The average Bonchev–Trinajstić information content (AvgIpc) is 2.72. The summed E-state index contributed by atoms with van der Waals surface area (Å²) >= 11 is 3.30. The van der Waals surface area contributed by atoms with Crippen molar-refractivity contribution in [3.63, 3.8) is 0 Å². The molecule has 0 N–H and O–H groups in total. The lowest BCUT2D eigenvalue weighted by Crippen LogP contribution is -2.05. The molecule has 17 heavy (non-hydrogen) atoms. The summed E-state index contributed by atoms with van der Waals surface area (Å²) in [4.78, 5) is 15.9. The van der Waals surface area contributed by atoms with Gasteiger partial charge >= 0.3 is 0 Å². The molecular weight excluding hydrogens is 282 g/mol. The predicted molar refractivity (Wildman–Crippen MR) is 67.8 cm³/mol. The average molecular weight is 294 g/mol. The molecule has 0 bridgehead atoms. The van der Waals surface area contributed by atoms with Crippen LogP contribution in [0.1, 0.15) is 22.5 Å². The molecule has 0 aromatic carbocycles. The molecule has 2 aromatic heterocycles. The van der Waals surface area contributed by atoms with E-state index in [1.807, 2.05) is 13.1 Å². The minimum absolute atomic E-state index is 0.0972. The van der Waals surface area contributed by atoms with Crippen molar-refractivity contribution < 1.29 is 4.79 Å². The summed E-state index contributed by atoms with van der Waals surface area (Å²) in [6, 6.07) is 3.71. The van der Waals surface area contributed by atoms with Gasteiger partial charge in [-0.3, -0.25) is 14.5 Å². The van der Waals surface area contributed by atoms with E-state index >= 15 is 0 Å². The highest BCUT2D eigenvalue weighted by molar-refractivity contribution is 9.10. The van der Waals surface area contributed by atoms with Crippen LogP contribution < -0.4 is 0 Å². The molecule has 5 heteroatoms. The molecule has 0 spiro atoms. The van der Waals surface area contributed by atoms with Crippen LogP contribution in [-0.4, -0.2) is 20.5 Å². The van der Waals surface area contributed by atoms with Gasteiger partial charge in [-0.15, -0.1) is 0 Å². The van der Waals surface area contributed by atoms with Gasteiger partial charge in [-0.25, -0.2) is 0 Å². The van der Waals surface area contributed by atoms with Gasteiger partial charge in [0.15, 0.2) is 5.78 Å². The van der Waals surface area contributed by atoms with Crippen molar-refractivity contribution in [3.8, 4) is 0 Å². The van der Waals surface area contributed by atoms with Crippen molar-refractivity contribution in [2.24, 2.45) is 7.05 Å². The fourth-order valence-electron chi connectivity index (χ4n) is 1.60. The SMILES string of the molecule is Cn1nccc1CCC(=O)c1cncc(Br)c1. The molecule has 0 radical (unpaired) electrons. The van der Waals surface area contributed by atoms with Gasteiger partial charge in [-0.1, -0.05) is 0 Å². The van der Waals surface area contributed by atoms with Gasteiger partial charge in [0.2, 0.25) is 0 Å². The maximum Gasteiger partial charge on any atom is 0.164 e. The van der Waals surface area contributed by atoms with Crippen molar-refractivity contribution in [2.75, 3.05) is 0 Å². The Hall–Kier alpha value is -1.49. The van der Waals surface area contributed by atoms with Crippen LogP contribution in [0.3, 0.4) is 0 Å². The van der Waals surface area contributed by atoms with Gasteiger partial charge in [0.1, 0.15) is 0 Å². The Morgan fingerprint density at radius 1 is 1.47 bits per heavy atom. The number of carbonyl (C=O) groups is 1. The fourth-order valence-corrected chi connectivity index (χ4v) is 1.96. The molecule has 0 fully saturated rings. The zero-order chi connectivity index (χ0) is 12.3. The quantitative estimate of drug-likeness (QED) is 0.813. The van der Waals surface area contributed by atoms with Crippen LogP contribution >= 0.6 is 15.9 Å². The third kappa shape index (κ3) is 3.00. The van der Waals surface area contributed by atoms with Gasteiger partial charge in [0.05, 0.1) is 0 Å². The number of pyridine rings is 1.